The highest BCUT2D eigenvalue weighted by molar-refractivity contribution is 5.77. The minimum Gasteiger partial charge on any atom is -0.468 e. The monoisotopic (exact) mass is 287 g/mol. The molecule has 0 spiro atoms. The molecule has 1 N–H and O–H groups in total. The minimum absolute atomic E-state index is 0.00499. The van der Waals surface area contributed by atoms with Crippen LogP contribution in [0, 0.1) is 0 Å². The van der Waals surface area contributed by atoms with E-state index in [9.17, 15) is 4.79 Å². The van der Waals surface area contributed by atoms with Crippen LogP contribution in [0.25, 0.3) is 0 Å². The lowest BCUT2D eigenvalue weighted by molar-refractivity contribution is -0.143. The predicted molar refractivity (Wildman–Crippen MR) is 80.7 cm³/mol. The number of carbonyl (C=O) groups is 1. The molecule has 0 aliphatic carbocycles. The summed E-state index contributed by atoms with van der Waals surface area (Å²) in [5, 5.41) is 7.57. The largest absolute Gasteiger partial charge is 0.468 e. The number of methoxy groups -OCH3 is 1. The molecular weight excluding hydrogens is 266 g/mol. The number of benzene rings is 1. The number of nitrogens with one attached hydrogen (secondary N) is 1. The summed E-state index contributed by atoms with van der Waals surface area (Å²) in [6.07, 6.45) is 3.80. The first-order chi connectivity index (χ1) is 10.2. The van der Waals surface area contributed by atoms with E-state index in [4.69, 9.17) is 4.74 Å². The Kier molecular flexibility index (Phi) is 5.11. The van der Waals surface area contributed by atoms with Crippen LogP contribution in [-0.2, 0) is 16.1 Å². The smallest absolute Gasteiger partial charge is 0.327 e. The van der Waals surface area contributed by atoms with Gasteiger partial charge in [0.15, 0.2) is 0 Å². The summed E-state index contributed by atoms with van der Waals surface area (Å²) >= 11 is 0. The van der Waals surface area contributed by atoms with Gasteiger partial charge < -0.3 is 4.74 Å². The van der Waals surface area contributed by atoms with Gasteiger partial charge in [0.25, 0.3) is 0 Å². The first-order valence-corrected chi connectivity index (χ1v) is 7.06. The molecule has 0 bridgehead atoms. The van der Waals surface area contributed by atoms with Gasteiger partial charge >= 0.3 is 5.97 Å². The third-order valence-corrected chi connectivity index (χ3v) is 3.46. The Balaban J connectivity index is 2.17. The Morgan fingerprint density at radius 1 is 1.33 bits per heavy atom. The second-order valence-corrected chi connectivity index (χ2v) is 4.88. The van der Waals surface area contributed by atoms with E-state index in [0.29, 0.717) is 0 Å². The topological polar surface area (TPSA) is 56.2 Å². The van der Waals surface area contributed by atoms with Crippen LogP contribution < -0.4 is 5.32 Å². The zero-order chi connectivity index (χ0) is 15.2. The maximum atomic E-state index is 12.0. The van der Waals surface area contributed by atoms with Crippen molar-refractivity contribution in [2.45, 2.75) is 32.5 Å². The fourth-order valence-electron chi connectivity index (χ4n) is 2.19. The van der Waals surface area contributed by atoms with Crippen LogP contribution in [-0.4, -0.2) is 22.9 Å². The van der Waals surface area contributed by atoms with Gasteiger partial charge in [0.05, 0.1) is 13.3 Å². The average Bonchev–Trinajstić information content (AvgIpc) is 3.01. The van der Waals surface area contributed by atoms with E-state index in [0.717, 1.165) is 17.7 Å². The van der Waals surface area contributed by atoms with Gasteiger partial charge in [-0.3, -0.25) is 10.00 Å². The van der Waals surface area contributed by atoms with Crippen LogP contribution in [0.2, 0.25) is 0 Å². The second-order valence-electron chi connectivity index (χ2n) is 4.88. The van der Waals surface area contributed by atoms with Gasteiger partial charge in [-0.15, -0.1) is 0 Å². The zero-order valence-electron chi connectivity index (χ0n) is 12.6. The van der Waals surface area contributed by atoms with Gasteiger partial charge in [-0.05, 0) is 19.4 Å². The van der Waals surface area contributed by atoms with Crippen molar-refractivity contribution in [2.24, 2.45) is 0 Å². The van der Waals surface area contributed by atoms with E-state index >= 15 is 0 Å². The van der Waals surface area contributed by atoms with E-state index in [-0.39, 0.29) is 12.0 Å². The first-order valence-electron chi connectivity index (χ1n) is 7.06. The van der Waals surface area contributed by atoms with Crippen molar-refractivity contribution in [3.05, 3.63) is 53.9 Å². The van der Waals surface area contributed by atoms with Crippen LogP contribution in [0.4, 0.5) is 0 Å². The summed E-state index contributed by atoms with van der Waals surface area (Å²) in [6, 6.07) is 9.07. The maximum absolute atomic E-state index is 12.0. The van der Waals surface area contributed by atoms with Crippen molar-refractivity contribution in [3.8, 4) is 0 Å². The molecule has 0 saturated heterocycles. The molecule has 0 aliphatic rings. The molecule has 1 heterocycles. The molecule has 2 rings (SSSR count). The molecule has 1 aromatic heterocycles. The molecule has 2 unspecified atom stereocenters. The highest BCUT2D eigenvalue weighted by atomic mass is 16.5. The molecule has 5 nitrogen and oxygen atoms in total. The Morgan fingerprint density at radius 3 is 2.62 bits per heavy atom. The number of carbonyl (C=O) groups excluding carboxylic acids is 1. The molecule has 5 heteroatoms. The molecule has 21 heavy (non-hydrogen) atoms. The van der Waals surface area contributed by atoms with E-state index in [1.165, 1.54) is 7.11 Å². The quantitative estimate of drug-likeness (QED) is 0.829. The number of hydrogen-bond donors (Lipinski definition) is 1. The average molecular weight is 287 g/mol. The minimum atomic E-state index is -0.490. The summed E-state index contributed by atoms with van der Waals surface area (Å²) < 4.78 is 6.77. The van der Waals surface area contributed by atoms with Gasteiger partial charge in [0.2, 0.25) is 0 Å². The Hall–Kier alpha value is -2.14. The lowest BCUT2D eigenvalue weighted by Crippen LogP contribution is -2.31. The van der Waals surface area contributed by atoms with E-state index in [1.54, 1.807) is 0 Å². The van der Waals surface area contributed by atoms with Crippen LogP contribution in [0.1, 0.15) is 37.1 Å². The lowest BCUT2D eigenvalue weighted by atomic mass is 10.0. The van der Waals surface area contributed by atoms with Gasteiger partial charge in [-0.25, -0.2) is 4.79 Å². The second kappa shape index (κ2) is 7.04. The van der Waals surface area contributed by atoms with E-state index in [1.807, 2.05) is 61.3 Å². The summed E-state index contributed by atoms with van der Waals surface area (Å²) in [6.45, 7) is 4.87. The Labute approximate surface area is 124 Å². The number of aryl methyl sites for hydroxylation is 1. The molecule has 0 aliphatic heterocycles. The summed E-state index contributed by atoms with van der Waals surface area (Å²) in [5.74, 6) is -0.295. The van der Waals surface area contributed by atoms with Crippen molar-refractivity contribution < 1.29 is 9.53 Å². The number of aromatic nitrogens is 2. The maximum Gasteiger partial charge on any atom is 0.327 e. The van der Waals surface area contributed by atoms with Crippen molar-refractivity contribution in [2.75, 3.05) is 7.11 Å². The van der Waals surface area contributed by atoms with E-state index in [2.05, 4.69) is 10.4 Å². The Morgan fingerprint density at radius 2 is 2.05 bits per heavy atom. The number of ether oxygens (including phenoxy) is 1. The van der Waals surface area contributed by atoms with Crippen molar-refractivity contribution in [1.82, 2.24) is 15.1 Å². The van der Waals surface area contributed by atoms with Crippen molar-refractivity contribution in [3.63, 3.8) is 0 Å². The number of esters is 1. The molecular formula is C16H21N3O2. The highest BCUT2D eigenvalue weighted by Crippen LogP contribution is 2.20. The van der Waals surface area contributed by atoms with Crippen molar-refractivity contribution >= 4 is 5.97 Å². The van der Waals surface area contributed by atoms with Crippen LogP contribution in [0.3, 0.4) is 0 Å². The van der Waals surface area contributed by atoms with Gasteiger partial charge in [-0.2, -0.15) is 5.10 Å². The SMILES string of the molecule is CCn1cc(C(C)NC(C(=O)OC)c2ccccc2)cn1. The first kappa shape index (κ1) is 15.3. The summed E-state index contributed by atoms with van der Waals surface area (Å²) in [7, 11) is 1.40. The van der Waals surface area contributed by atoms with Gasteiger partial charge in [0.1, 0.15) is 6.04 Å². The zero-order valence-corrected chi connectivity index (χ0v) is 12.6. The molecule has 0 amide bonds. The van der Waals surface area contributed by atoms with Crippen molar-refractivity contribution in [1.29, 1.82) is 0 Å². The standard InChI is InChI=1S/C16H21N3O2/c1-4-19-11-14(10-17-19)12(2)18-15(16(20)21-3)13-8-6-5-7-9-13/h5-12,15,18H,4H2,1-3H3. The third kappa shape index (κ3) is 3.70. The lowest BCUT2D eigenvalue weighted by Gasteiger charge is -2.21. The molecule has 1 aromatic carbocycles. The van der Waals surface area contributed by atoms with Crippen LogP contribution >= 0.6 is 0 Å². The molecule has 0 saturated carbocycles. The van der Waals surface area contributed by atoms with Gasteiger partial charge in [-0.1, -0.05) is 30.3 Å². The van der Waals surface area contributed by atoms with Crippen LogP contribution in [0.5, 0.6) is 0 Å². The number of nitrogens with zero attached hydrogens (tertiary/aromatic N) is 2. The summed E-state index contributed by atoms with van der Waals surface area (Å²) in [4.78, 5) is 12.0. The third-order valence-electron chi connectivity index (χ3n) is 3.46. The highest BCUT2D eigenvalue weighted by Gasteiger charge is 2.23. The normalized spacial score (nSPS) is 13.7. The van der Waals surface area contributed by atoms with Gasteiger partial charge in [0, 0.05) is 24.3 Å². The molecule has 112 valence electrons. The number of hydrogen-bond acceptors (Lipinski definition) is 4. The predicted octanol–water partition coefficient (Wildman–Crippen LogP) is 2.47. The Bertz CT molecular complexity index is 580. The molecule has 0 radical (unpaired) electrons. The summed E-state index contributed by atoms with van der Waals surface area (Å²) in [5.41, 5.74) is 1.93. The van der Waals surface area contributed by atoms with Crippen LogP contribution in [0.15, 0.2) is 42.7 Å². The number of rotatable bonds is 6. The molecule has 2 aromatic rings. The molecule has 2 atom stereocenters. The van der Waals surface area contributed by atoms with E-state index < -0.39 is 6.04 Å². The fraction of sp³-hybridized carbons (Fsp3) is 0.375. The molecule has 0 fully saturated rings. The fourth-order valence-corrected chi connectivity index (χ4v) is 2.19.